The minimum atomic E-state index is -0.225. The molecule has 0 radical (unpaired) electrons. The van der Waals surface area contributed by atoms with Gasteiger partial charge in [0.1, 0.15) is 10.7 Å². The van der Waals surface area contributed by atoms with Gasteiger partial charge in [0.25, 0.3) is 11.8 Å². The Hall–Kier alpha value is -2.31. The molecule has 7 heteroatoms. The van der Waals surface area contributed by atoms with E-state index < -0.39 is 0 Å². The maximum absolute atomic E-state index is 13.1. The zero-order chi connectivity index (χ0) is 20.7. The highest BCUT2D eigenvalue weighted by molar-refractivity contribution is 7.17. The number of aryl methyl sites for hydroxylation is 2. The Morgan fingerprint density at radius 1 is 1.14 bits per heavy atom. The molecule has 1 aliphatic rings. The van der Waals surface area contributed by atoms with Crippen LogP contribution >= 0.6 is 22.9 Å². The highest BCUT2D eigenvalue weighted by Crippen LogP contribution is 2.38. The van der Waals surface area contributed by atoms with E-state index >= 15 is 0 Å². The fourth-order valence-electron chi connectivity index (χ4n) is 3.92. The number of anilines is 1. The number of aromatic nitrogens is 1. The average Bonchev–Trinajstić information content (AvgIpc) is 3.18. The van der Waals surface area contributed by atoms with Gasteiger partial charge >= 0.3 is 0 Å². The minimum Gasteiger partial charge on any atom is -0.350 e. The van der Waals surface area contributed by atoms with Crippen LogP contribution in [-0.2, 0) is 19.9 Å². The van der Waals surface area contributed by atoms with Gasteiger partial charge in [-0.1, -0.05) is 17.7 Å². The highest BCUT2D eigenvalue weighted by Gasteiger charge is 2.27. The lowest BCUT2D eigenvalue weighted by atomic mass is 9.95. The number of amides is 2. The summed E-state index contributed by atoms with van der Waals surface area (Å²) in [6, 6.07) is 7.45. The number of fused-ring (bicyclic) bond motifs is 2. The summed E-state index contributed by atoms with van der Waals surface area (Å²) in [5.74, 6) is -0.337. The van der Waals surface area contributed by atoms with Gasteiger partial charge in [0.15, 0.2) is 0 Å². The molecule has 0 atom stereocenters. The molecule has 0 bridgehead atoms. The van der Waals surface area contributed by atoms with E-state index in [-0.39, 0.29) is 17.9 Å². The lowest BCUT2D eigenvalue weighted by Gasteiger charge is -2.14. The van der Waals surface area contributed by atoms with E-state index in [0.29, 0.717) is 21.3 Å². The fourth-order valence-corrected chi connectivity index (χ4v) is 5.36. The smallest absolute Gasteiger partial charge is 0.272 e. The quantitative estimate of drug-likeness (QED) is 0.601. The Labute approximate surface area is 179 Å². The summed E-state index contributed by atoms with van der Waals surface area (Å²) in [5.41, 5.74) is 3.15. The van der Waals surface area contributed by atoms with Crippen LogP contribution in [0.2, 0.25) is 5.02 Å². The molecule has 5 nitrogen and oxygen atoms in total. The van der Waals surface area contributed by atoms with E-state index in [1.165, 1.54) is 16.2 Å². The number of rotatable bonds is 4. The van der Waals surface area contributed by atoms with Crippen molar-refractivity contribution in [3.05, 3.63) is 51.0 Å². The number of carbonyl (C=O) groups excluding carboxylic acids is 2. The molecule has 3 aromatic rings. The Bertz CT molecular complexity index is 1110. The molecule has 4 rings (SSSR count). The molecule has 2 N–H and O–H groups in total. The summed E-state index contributed by atoms with van der Waals surface area (Å²) >= 11 is 7.64. The Kier molecular flexibility index (Phi) is 5.40. The number of nitrogens with one attached hydrogen (secondary N) is 2. The second-order valence-electron chi connectivity index (χ2n) is 7.79. The number of benzene rings is 1. The molecule has 2 aromatic heterocycles. The molecule has 1 aliphatic carbocycles. The van der Waals surface area contributed by atoms with Crippen LogP contribution in [0, 0.1) is 0 Å². The fraction of sp³-hybridized carbons (Fsp3) is 0.364. The van der Waals surface area contributed by atoms with Crippen molar-refractivity contribution in [3.63, 3.8) is 0 Å². The molecule has 0 saturated heterocycles. The maximum atomic E-state index is 13.1. The molecule has 1 aromatic carbocycles. The third-order valence-electron chi connectivity index (χ3n) is 5.29. The summed E-state index contributed by atoms with van der Waals surface area (Å²) in [7, 11) is 1.85. The summed E-state index contributed by atoms with van der Waals surface area (Å²) in [6.07, 6.45) is 4.04. The van der Waals surface area contributed by atoms with Crippen LogP contribution in [0.5, 0.6) is 0 Å². The van der Waals surface area contributed by atoms with E-state index in [2.05, 4.69) is 10.6 Å². The first kappa shape index (κ1) is 20.0. The summed E-state index contributed by atoms with van der Waals surface area (Å²) in [5, 5.41) is 8.22. The predicted molar refractivity (Wildman–Crippen MR) is 119 cm³/mol. The van der Waals surface area contributed by atoms with Crippen LogP contribution in [0.15, 0.2) is 24.3 Å². The molecular formula is C22H24ClN3O2S. The van der Waals surface area contributed by atoms with Crippen LogP contribution in [0.3, 0.4) is 0 Å². The first-order valence-electron chi connectivity index (χ1n) is 9.87. The number of hydrogen-bond acceptors (Lipinski definition) is 3. The largest absolute Gasteiger partial charge is 0.350 e. The minimum absolute atomic E-state index is 0.0353. The molecule has 0 spiro atoms. The van der Waals surface area contributed by atoms with Gasteiger partial charge in [0.05, 0.1) is 5.56 Å². The third-order valence-corrected chi connectivity index (χ3v) is 6.73. The zero-order valence-corrected chi connectivity index (χ0v) is 18.3. The van der Waals surface area contributed by atoms with Crippen molar-refractivity contribution in [2.75, 3.05) is 5.32 Å². The van der Waals surface area contributed by atoms with Gasteiger partial charge in [-0.3, -0.25) is 9.59 Å². The molecule has 0 aliphatic heterocycles. The standard InChI is InChI=1S/C22H24ClN3O2S/c1-12(2)24-21(28)19-15-6-4-5-7-18(15)29-22(19)25-20(27)17-10-13-8-9-14(23)11-16(13)26(17)3/h8-12H,4-7H2,1-3H3,(H,24,28)(H,25,27). The Balaban J connectivity index is 1.70. The van der Waals surface area contributed by atoms with Gasteiger partial charge < -0.3 is 15.2 Å². The van der Waals surface area contributed by atoms with E-state index in [0.717, 1.165) is 42.1 Å². The van der Waals surface area contributed by atoms with Crippen molar-refractivity contribution in [1.82, 2.24) is 9.88 Å². The van der Waals surface area contributed by atoms with E-state index in [1.54, 1.807) is 0 Å². The maximum Gasteiger partial charge on any atom is 0.272 e. The molecule has 0 fully saturated rings. The van der Waals surface area contributed by atoms with Crippen LogP contribution in [-0.4, -0.2) is 22.4 Å². The van der Waals surface area contributed by atoms with Gasteiger partial charge in [-0.15, -0.1) is 11.3 Å². The van der Waals surface area contributed by atoms with Gasteiger partial charge in [-0.05, 0) is 63.3 Å². The number of thiophene rings is 1. The number of nitrogens with zero attached hydrogens (tertiary/aromatic N) is 1. The summed E-state index contributed by atoms with van der Waals surface area (Å²) in [6.45, 7) is 3.88. The molecule has 0 unspecified atom stereocenters. The van der Waals surface area contributed by atoms with Gasteiger partial charge in [0, 0.05) is 33.9 Å². The first-order chi connectivity index (χ1) is 13.8. The normalized spacial score (nSPS) is 13.6. The topological polar surface area (TPSA) is 63.1 Å². The number of hydrogen-bond donors (Lipinski definition) is 2. The molecule has 152 valence electrons. The van der Waals surface area contributed by atoms with E-state index in [1.807, 2.05) is 49.7 Å². The molecular weight excluding hydrogens is 406 g/mol. The van der Waals surface area contributed by atoms with Crippen molar-refractivity contribution in [2.24, 2.45) is 7.05 Å². The Morgan fingerprint density at radius 3 is 2.66 bits per heavy atom. The van der Waals surface area contributed by atoms with Crippen molar-refractivity contribution in [1.29, 1.82) is 0 Å². The number of halogens is 1. The Morgan fingerprint density at radius 2 is 1.90 bits per heavy atom. The van der Waals surface area contributed by atoms with Crippen molar-refractivity contribution in [2.45, 2.75) is 45.6 Å². The highest BCUT2D eigenvalue weighted by atomic mass is 35.5. The van der Waals surface area contributed by atoms with Crippen molar-refractivity contribution in [3.8, 4) is 0 Å². The molecule has 29 heavy (non-hydrogen) atoms. The lowest BCUT2D eigenvalue weighted by Crippen LogP contribution is -2.31. The lowest BCUT2D eigenvalue weighted by molar-refractivity contribution is 0.0943. The predicted octanol–water partition coefficient (Wildman–Crippen LogP) is 5.16. The van der Waals surface area contributed by atoms with E-state index in [4.69, 9.17) is 11.6 Å². The monoisotopic (exact) mass is 429 g/mol. The van der Waals surface area contributed by atoms with Crippen LogP contribution in [0.25, 0.3) is 10.9 Å². The van der Waals surface area contributed by atoms with E-state index in [9.17, 15) is 9.59 Å². The number of carbonyl (C=O) groups is 2. The van der Waals surface area contributed by atoms with Crippen LogP contribution in [0.4, 0.5) is 5.00 Å². The zero-order valence-electron chi connectivity index (χ0n) is 16.8. The second-order valence-corrected chi connectivity index (χ2v) is 9.33. The average molecular weight is 430 g/mol. The van der Waals surface area contributed by atoms with Gasteiger partial charge in [0.2, 0.25) is 0 Å². The second kappa shape index (κ2) is 7.84. The van der Waals surface area contributed by atoms with Gasteiger partial charge in [-0.2, -0.15) is 0 Å². The van der Waals surface area contributed by atoms with Crippen molar-refractivity contribution < 1.29 is 9.59 Å². The summed E-state index contributed by atoms with van der Waals surface area (Å²) in [4.78, 5) is 27.2. The van der Waals surface area contributed by atoms with Crippen LogP contribution in [0.1, 0.15) is 58.0 Å². The van der Waals surface area contributed by atoms with Crippen LogP contribution < -0.4 is 10.6 Å². The first-order valence-corrected chi connectivity index (χ1v) is 11.1. The molecule has 2 heterocycles. The van der Waals surface area contributed by atoms with Crippen molar-refractivity contribution >= 4 is 50.7 Å². The molecule has 0 saturated carbocycles. The SMILES string of the molecule is CC(C)NC(=O)c1c(NC(=O)c2cc3ccc(Cl)cc3n2C)sc2c1CCCC2. The summed E-state index contributed by atoms with van der Waals surface area (Å²) < 4.78 is 1.83. The third kappa shape index (κ3) is 3.79. The molecule has 2 amide bonds. The van der Waals surface area contributed by atoms with Gasteiger partial charge in [-0.25, -0.2) is 0 Å².